The number of aliphatic carboxylic acids is 1. The van der Waals surface area contributed by atoms with Crippen LogP contribution in [0.3, 0.4) is 0 Å². The first-order valence-electron chi connectivity index (χ1n) is 11.0. The van der Waals surface area contributed by atoms with E-state index in [4.69, 9.17) is 14.2 Å². The van der Waals surface area contributed by atoms with E-state index < -0.39 is 18.4 Å². The Morgan fingerprint density at radius 2 is 1.71 bits per heavy atom. The lowest BCUT2D eigenvalue weighted by Gasteiger charge is -2.21. The lowest BCUT2D eigenvalue weighted by atomic mass is 10.00. The second-order valence-electron chi connectivity index (χ2n) is 8.77. The number of amides is 1. The number of hydrogen-bond donors (Lipinski definition) is 1. The number of para-hydroxylation sites is 3. The molecule has 0 radical (unpaired) electrons. The Bertz CT molecular complexity index is 1170. The fourth-order valence-electron chi connectivity index (χ4n) is 3.88. The van der Waals surface area contributed by atoms with E-state index in [0.29, 0.717) is 17.2 Å². The number of rotatable bonds is 9. The Balaban J connectivity index is 1.44. The highest BCUT2D eigenvalue weighted by atomic mass is 16.5. The van der Waals surface area contributed by atoms with Crippen LogP contribution >= 0.6 is 0 Å². The average Bonchev–Trinajstić information content (AvgIpc) is 3.11. The normalized spacial score (nSPS) is 13.5. The first-order chi connectivity index (χ1) is 16.3. The number of carboxylic acids is 1. The molecule has 0 saturated carbocycles. The molecule has 176 valence electrons. The van der Waals surface area contributed by atoms with E-state index in [9.17, 15) is 14.7 Å². The SMILES string of the molecule is CC1(C)Cc2cc(CN(CC(=O)O)C(=O)COc3ccccc3Oc3ccccc3)ccc2O1. The zero-order valence-electron chi connectivity index (χ0n) is 19.2. The number of ether oxygens (including phenoxy) is 3. The van der Waals surface area contributed by atoms with Crippen molar-refractivity contribution >= 4 is 11.9 Å². The van der Waals surface area contributed by atoms with Gasteiger partial charge in [-0.25, -0.2) is 0 Å². The number of fused-ring (bicyclic) bond motifs is 1. The van der Waals surface area contributed by atoms with Crippen LogP contribution in [0.1, 0.15) is 25.0 Å². The summed E-state index contributed by atoms with van der Waals surface area (Å²) in [5, 5.41) is 9.35. The Morgan fingerprint density at radius 3 is 2.44 bits per heavy atom. The number of nitrogens with zero attached hydrogens (tertiary/aromatic N) is 1. The molecular weight excluding hydrogens is 434 g/mol. The average molecular weight is 462 g/mol. The minimum absolute atomic E-state index is 0.157. The van der Waals surface area contributed by atoms with Gasteiger partial charge < -0.3 is 24.2 Å². The number of hydrogen-bond acceptors (Lipinski definition) is 5. The third-order valence-corrected chi connectivity index (χ3v) is 5.35. The molecule has 34 heavy (non-hydrogen) atoms. The fraction of sp³-hybridized carbons (Fsp3) is 0.259. The van der Waals surface area contributed by atoms with E-state index >= 15 is 0 Å². The topological polar surface area (TPSA) is 85.3 Å². The lowest BCUT2D eigenvalue weighted by molar-refractivity contribution is -0.145. The highest BCUT2D eigenvalue weighted by Crippen LogP contribution is 2.35. The summed E-state index contributed by atoms with van der Waals surface area (Å²) in [5.41, 5.74) is 1.61. The Kier molecular flexibility index (Phi) is 6.72. The predicted molar refractivity (Wildman–Crippen MR) is 126 cm³/mol. The summed E-state index contributed by atoms with van der Waals surface area (Å²) in [6.07, 6.45) is 0.754. The third kappa shape index (κ3) is 5.86. The molecule has 0 atom stereocenters. The number of carbonyl (C=O) groups excluding carboxylic acids is 1. The standard InChI is InChI=1S/C27H27NO6/c1-27(2)15-20-14-19(12-13-22(20)34-27)16-28(17-26(30)31)25(29)18-32-23-10-6-7-11-24(23)33-21-8-4-3-5-9-21/h3-14H,15-18H2,1-2H3,(H,30,31). The zero-order chi connectivity index (χ0) is 24.1. The molecule has 1 aliphatic heterocycles. The van der Waals surface area contributed by atoms with Crippen LogP contribution < -0.4 is 14.2 Å². The van der Waals surface area contributed by atoms with Crippen LogP contribution in [0.15, 0.2) is 72.8 Å². The van der Waals surface area contributed by atoms with Crippen LogP contribution in [-0.2, 0) is 22.6 Å². The molecule has 0 spiro atoms. The molecule has 0 fully saturated rings. The van der Waals surface area contributed by atoms with Crippen molar-refractivity contribution in [1.82, 2.24) is 4.90 Å². The van der Waals surface area contributed by atoms with Gasteiger partial charge in [0.15, 0.2) is 18.1 Å². The Labute approximate surface area is 198 Å². The van der Waals surface area contributed by atoms with E-state index in [-0.39, 0.29) is 18.8 Å². The van der Waals surface area contributed by atoms with Crippen LogP contribution in [-0.4, -0.2) is 40.6 Å². The van der Waals surface area contributed by atoms with E-state index in [2.05, 4.69) is 0 Å². The molecule has 3 aromatic carbocycles. The molecule has 0 aromatic heterocycles. The van der Waals surface area contributed by atoms with Gasteiger partial charge in [0.25, 0.3) is 5.91 Å². The van der Waals surface area contributed by atoms with Gasteiger partial charge in [-0.05, 0) is 55.3 Å². The third-order valence-electron chi connectivity index (χ3n) is 5.35. The summed E-state index contributed by atoms with van der Waals surface area (Å²) in [6.45, 7) is 3.45. The van der Waals surface area contributed by atoms with Gasteiger partial charge in [-0.2, -0.15) is 0 Å². The van der Waals surface area contributed by atoms with E-state index in [1.807, 2.05) is 68.4 Å². The van der Waals surface area contributed by atoms with Crippen molar-refractivity contribution in [3.05, 3.63) is 83.9 Å². The first-order valence-corrected chi connectivity index (χ1v) is 11.0. The second kappa shape index (κ2) is 9.87. The molecule has 1 aliphatic rings. The van der Waals surface area contributed by atoms with Crippen molar-refractivity contribution in [2.75, 3.05) is 13.2 Å². The van der Waals surface area contributed by atoms with Crippen LogP contribution in [0.5, 0.6) is 23.0 Å². The van der Waals surface area contributed by atoms with Gasteiger partial charge in [-0.1, -0.05) is 42.5 Å². The fourth-order valence-corrected chi connectivity index (χ4v) is 3.88. The monoisotopic (exact) mass is 461 g/mol. The van der Waals surface area contributed by atoms with Crippen molar-refractivity contribution in [2.45, 2.75) is 32.4 Å². The molecular formula is C27H27NO6. The summed E-state index contributed by atoms with van der Waals surface area (Å²) in [7, 11) is 0. The highest BCUT2D eigenvalue weighted by molar-refractivity contribution is 5.82. The van der Waals surface area contributed by atoms with Gasteiger partial charge in [0.2, 0.25) is 0 Å². The van der Waals surface area contributed by atoms with Crippen LogP contribution in [0.25, 0.3) is 0 Å². The van der Waals surface area contributed by atoms with Gasteiger partial charge >= 0.3 is 5.97 Å². The molecule has 0 bridgehead atoms. The summed E-state index contributed by atoms with van der Waals surface area (Å²) in [6, 6.07) is 22.0. The maximum absolute atomic E-state index is 12.9. The molecule has 0 unspecified atom stereocenters. The minimum Gasteiger partial charge on any atom is -0.487 e. The quantitative estimate of drug-likeness (QED) is 0.498. The molecule has 0 aliphatic carbocycles. The largest absolute Gasteiger partial charge is 0.487 e. The summed E-state index contributed by atoms with van der Waals surface area (Å²) in [5.74, 6) is 0.796. The van der Waals surface area contributed by atoms with Crippen LogP contribution in [0.4, 0.5) is 0 Å². The molecule has 1 amide bonds. The maximum atomic E-state index is 12.9. The Morgan fingerprint density at radius 1 is 1.00 bits per heavy atom. The minimum atomic E-state index is -1.09. The summed E-state index contributed by atoms with van der Waals surface area (Å²) < 4.78 is 17.5. The van der Waals surface area contributed by atoms with Gasteiger partial charge in [0.05, 0.1) is 0 Å². The summed E-state index contributed by atoms with van der Waals surface area (Å²) >= 11 is 0. The van der Waals surface area contributed by atoms with E-state index in [1.54, 1.807) is 18.2 Å². The zero-order valence-corrected chi connectivity index (χ0v) is 19.2. The van der Waals surface area contributed by atoms with Gasteiger partial charge in [0, 0.05) is 13.0 Å². The summed E-state index contributed by atoms with van der Waals surface area (Å²) in [4.78, 5) is 25.6. The van der Waals surface area contributed by atoms with Crippen LogP contribution in [0, 0.1) is 0 Å². The Hall–Kier alpha value is -4.00. The molecule has 3 aromatic rings. The number of carbonyl (C=O) groups is 2. The van der Waals surface area contributed by atoms with Crippen molar-refractivity contribution in [1.29, 1.82) is 0 Å². The molecule has 7 heteroatoms. The predicted octanol–water partition coefficient (Wildman–Crippen LogP) is 4.68. The van der Waals surface area contributed by atoms with Gasteiger partial charge in [-0.3, -0.25) is 9.59 Å². The second-order valence-corrected chi connectivity index (χ2v) is 8.77. The number of benzene rings is 3. The van der Waals surface area contributed by atoms with E-state index in [0.717, 1.165) is 23.3 Å². The highest BCUT2D eigenvalue weighted by Gasteiger charge is 2.30. The van der Waals surface area contributed by atoms with Crippen molar-refractivity contribution in [3.8, 4) is 23.0 Å². The molecule has 4 rings (SSSR count). The lowest BCUT2D eigenvalue weighted by Crippen LogP contribution is -2.38. The van der Waals surface area contributed by atoms with Gasteiger partial charge in [0.1, 0.15) is 23.6 Å². The maximum Gasteiger partial charge on any atom is 0.323 e. The molecule has 0 saturated heterocycles. The van der Waals surface area contributed by atoms with Crippen molar-refractivity contribution in [2.24, 2.45) is 0 Å². The van der Waals surface area contributed by atoms with Gasteiger partial charge in [-0.15, -0.1) is 0 Å². The van der Waals surface area contributed by atoms with Crippen molar-refractivity contribution in [3.63, 3.8) is 0 Å². The first kappa shape index (κ1) is 23.2. The van der Waals surface area contributed by atoms with Crippen LogP contribution in [0.2, 0.25) is 0 Å². The molecule has 1 N–H and O–H groups in total. The number of carboxylic acid groups (broad SMARTS) is 1. The smallest absolute Gasteiger partial charge is 0.323 e. The van der Waals surface area contributed by atoms with E-state index in [1.165, 1.54) is 4.90 Å². The molecule has 7 nitrogen and oxygen atoms in total. The van der Waals surface area contributed by atoms with Crippen molar-refractivity contribution < 1.29 is 28.9 Å². The molecule has 1 heterocycles.